The summed E-state index contributed by atoms with van der Waals surface area (Å²) in [5, 5.41) is 2.72. The van der Waals surface area contributed by atoms with Crippen LogP contribution >= 0.6 is 0 Å². The normalized spacial score (nSPS) is 22.1. The second kappa shape index (κ2) is 5.24. The highest BCUT2D eigenvalue weighted by Crippen LogP contribution is 2.27. The first-order chi connectivity index (χ1) is 8.48. The Balaban J connectivity index is 2.13. The standard InChI is InChI=1S/C12H14F4N2/c13-10-4-2-1-3-9(10)8-18-6-5-17-7-11(18)12(14,15)16/h1-4,11,17H,5-8H2. The largest absolute Gasteiger partial charge is 0.405 e. The van der Waals surface area contributed by atoms with Crippen molar-refractivity contribution in [3.63, 3.8) is 0 Å². The number of benzene rings is 1. The highest BCUT2D eigenvalue weighted by Gasteiger charge is 2.44. The third-order valence-corrected chi connectivity index (χ3v) is 3.06. The van der Waals surface area contributed by atoms with Gasteiger partial charge in [0.25, 0.3) is 0 Å². The van der Waals surface area contributed by atoms with Crippen molar-refractivity contribution in [2.24, 2.45) is 0 Å². The van der Waals surface area contributed by atoms with E-state index in [0.717, 1.165) is 0 Å². The van der Waals surface area contributed by atoms with Gasteiger partial charge in [0, 0.05) is 31.7 Å². The van der Waals surface area contributed by atoms with Gasteiger partial charge in [-0.05, 0) is 6.07 Å². The van der Waals surface area contributed by atoms with Crippen molar-refractivity contribution in [3.8, 4) is 0 Å². The summed E-state index contributed by atoms with van der Waals surface area (Å²) >= 11 is 0. The molecular weight excluding hydrogens is 248 g/mol. The third-order valence-electron chi connectivity index (χ3n) is 3.06. The van der Waals surface area contributed by atoms with Crippen LogP contribution in [-0.4, -0.2) is 36.8 Å². The predicted octanol–water partition coefficient (Wildman–Crippen LogP) is 2.16. The van der Waals surface area contributed by atoms with E-state index in [-0.39, 0.29) is 19.6 Å². The van der Waals surface area contributed by atoms with Gasteiger partial charge >= 0.3 is 6.18 Å². The van der Waals surface area contributed by atoms with E-state index in [1.165, 1.54) is 23.1 Å². The van der Waals surface area contributed by atoms with Gasteiger partial charge in [0.15, 0.2) is 0 Å². The molecule has 1 aromatic rings. The quantitative estimate of drug-likeness (QED) is 0.822. The van der Waals surface area contributed by atoms with E-state index in [0.29, 0.717) is 12.1 Å². The molecule has 2 nitrogen and oxygen atoms in total. The first-order valence-corrected chi connectivity index (χ1v) is 5.73. The van der Waals surface area contributed by atoms with Crippen molar-refractivity contribution in [2.75, 3.05) is 19.6 Å². The molecular formula is C12H14F4N2. The lowest BCUT2D eigenvalue weighted by Gasteiger charge is -2.37. The maximum Gasteiger partial charge on any atom is 0.405 e. The molecule has 1 aliphatic rings. The number of rotatable bonds is 2. The van der Waals surface area contributed by atoms with Gasteiger partial charge in [-0.1, -0.05) is 18.2 Å². The Kier molecular flexibility index (Phi) is 3.87. The average molecular weight is 262 g/mol. The molecule has 1 fully saturated rings. The molecule has 0 aliphatic carbocycles. The van der Waals surface area contributed by atoms with Crippen LogP contribution in [0.1, 0.15) is 5.56 Å². The number of piperazine rings is 1. The van der Waals surface area contributed by atoms with Crippen molar-refractivity contribution < 1.29 is 17.6 Å². The Bertz CT molecular complexity index is 405. The highest BCUT2D eigenvalue weighted by molar-refractivity contribution is 5.17. The number of nitrogens with one attached hydrogen (secondary N) is 1. The average Bonchev–Trinajstić information content (AvgIpc) is 2.31. The molecule has 1 unspecified atom stereocenters. The minimum Gasteiger partial charge on any atom is -0.314 e. The van der Waals surface area contributed by atoms with Crippen LogP contribution in [0.4, 0.5) is 17.6 Å². The fourth-order valence-electron chi connectivity index (χ4n) is 2.10. The summed E-state index contributed by atoms with van der Waals surface area (Å²) in [7, 11) is 0. The highest BCUT2D eigenvalue weighted by atomic mass is 19.4. The fourth-order valence-corrected chi connectivity index (χ4v) is 2.10. The van der Waals surface area contributed by atoms with Gasteiger partial charge in [-0.2, -0.15) is 13.2 Å². The molecule has 1 aromatic carbocycles. The molecule has 0 radical (unpaired) electrons. The zero-order valence-corrected chi connectivity index (χ0v) is 9.67. The molecule has 0 saturated carbocycles. The van der Waals surface area contributed by atoms with Gasteiger partial charge in [-0.15, -0.1) is 0 Å². The Morgan fingerprint density at radius 2 is 2.00 bits per heavy atom. The smallest absolute Gasteiger partial charge is 0.314 e. The van der Waals surface area contributed by atoms with Crippen LogP contribution in [0.15, 0.2) is 24.3 Å². The summed E-state index contributed by atoms with van der Waals surface area (Å²) in [4.78, 5) is 1.27. The van der Waals surface area contributed by atoms with Crippen LogP contribution in [0.3, 0.4) is 0 Å². The molecule has 1 heterocycles. The van der Waals surface area contributed by atoms with Crippen molar-refractivity contribution in [2.45, 2.75) is 18.8 Å². The minimum absolute atomic E-state index is 0.0153. The maximum atomic E-state index is 13.4. The molecule has 1 N–H and O–H groups in total. The number of hydrogen-bond acceptors (Lipinski definition) is 2. The first kappa shape index (κ1) is 13.3. The van der Waals surface area contributed by atoms with Crippen molar-refractivity contribution in [1.29, 1.82) is 0 Å². The lowest BCUT2D eigenvalue weighted by Crippen LogP contribution is -2.57. The van der Waals surface area contributed by atoms with E-state index in [1.807, 2.05) is 0 Å². The van der Waals surface area contributed by atoms with Gasteiger partial charge in [-0.3, -0.25) is 4.90 Å². The Labute approximate surface area is 103 Å². The van der Waals surface area contributed by atoms with Crippen LogP contribution in [0.25, 0.3) is 0 Å². The van der Waals surface area contributed by atoms with Gasteiger partial charge in [-0.25, -0.2) is 4.39 Å². The summed E-state index contributed by atoms with van der Waals surface area (Å²) in [5.41, 5.74) is 0.300. The van der Waals surface area contributed by atoms with Gasteiger partial charge in [0.1, 0.15) is 11.9 Å². The lowest BCUT2D eigenvalue weighted by molar-refractivity contribution is -0.188. The topological polar surface area (TPSA) is 15.3 Å². The Morgan fingerprint density at radius 1 is 1.28 bits per heavy atom. The van der Waals surface area contributed by atoms with Gasteiger partial charge in [0.2, 0.25) is 0 Å². The molecule has 6 heteroatoms. The second-order valence-corrected chi connectivity index (χ2v) is 4.32. The van der Waals surface area contributed by atoms with Crippen molar-refractivity contribution in [3.05, 3.63) is 35.6 Å². The van der Waals surface area contributed by atoms with Crippen LogP contribution < -0.4 is 5.32 Å². The van der Waals surface area contributed by atoms with E-state index >= 15 is 0 Å². The zero-order valence-electron chi connectivity index (χ0n) is 9.67. The molecule has 1 atom stereocenters. The van der Waals surface area contributed by atoms with E-state index < -0.39 is 18.0 Å². The van der Waals surface area contributed by atoms with Crippen LogP contribution in [0.2, 0.25) is 0 Å². The van der Waals surface area contributed by atoms with Crippen LogP contribution in [0.5, 0.6) is 0 Å². The third kappa shape index (κ3) is 3.00. The molecule has 18 heavy (non-hydrogen) atoms. The molecule has 2 rings (SSSR count). The fraction of sp³-hybridized carbons (Fsp3) is 0.500. The summed E-state index contributed by atoms with van der Waals surface area (Å²) in [5.74, 6) is -0.461. The van der Waals surface area contributed by atoms with E-state index in [1.54, 1.807) is 6.07 Å². The van der Waals surface area contributed by atoms with Gasteiger partial charge < -0.3 is 5.32 Å². The van der Waals surface area contributed by atoms with Crippen molar-refractivity contribution in [1.82, 2.24) is 10.2 Å². The molecule has 0 spiro atoms. The second-order valence-electron chi connectivity index (χ2n) is 4.32. The van der Waals surface area contributed by atoms with Gasteiger partial charge in [0.05, 0.1) is 0 Å². The molecule has 0 amide bonds. The molecule has 1 aliphatic heterocycles. The maximum absolute atomic E-state index is 13.4. The summed E-state index contributed by atoms with van der Waals surface area (Å²) in [6.45, 7) is 0.593. The number of hydrogen-bond donors (Lipinski definition) is 1. The lowest BCUT2D eigenvalue weighted by atomic mass is 10.1. The number of nitrogens with zero attached hydrogens (tertiary/aromatic N) is 1. The predicted molar refractivity (Wildman–Crippen MR) is 59.5 cm³/mol. The van der Waals surface area contributed by atoms with Crippen LogP contribution in [0, 0.1) is 5.82 Å². The minimum atomic E-state index is -4.29. The SMILES string of the molecule is Fc1ccccc1CN1CCNCC1C(F)(F)F. The molecule has 100 valence electrons. The Morgan fingerprint density at radius 3 is 2.67 bits per heavy atom. The summed E-state index contributed by atoms with van der Waals surface area (Å²) in [6.07, 6.45) is -4.29. The Hall–Kier alpha value is -1.14. The monoisotopic (exact) mass is 262 g/mol. The van der Waals surface area contributed by atoms with E-state index in [2.05, 4.69) is 5.32 Å². The zero-order chi connectivity index (χ0) is 13.2. The summed E-state index contributed by atoms with van der Waals surface area (Å²) < 4.78 is 51.9. The molecule has 0 bridgehead atoms. The molecule has 1 saturated heterocycles. The first-order valence-electron chi connectivity index (χ1n) is 5.73. The van der Waals surface area contributed by atoms with E-state index in [4.69, 9.17) is 0 Å². The number of alkyl halides is 3. The summed E-state index contributed by atoms with van der Waals surface area (Å²) in [6, 6.07) is 4.39. The molecule has 0 aromatic heterocycles. The van der Waals surface area contributed by atoms with E-state index in [9.17, 15) is 17.6 Å². The van der Waals surface area contributed by atoms with Crippen LogP contribution in [-0.2, 0) is 6.54 Å². The number of halogens is 4. The van der Waals surface area contributed by atoms with Crippen molar-refractivity contribution >= 4 is 0 Å².